The van der Waals surface area contributed by atoms with E-state index in [0.717, 1.165) is 5.92 Å². The van der Waals surface area contributed by atoms with Gasteiger partial charge in [-0.25, -0.2) is 0 Å². The molecule has 0 radical (unpaired) electrons. The molecule has 278 valence electrons. The van der Waals surface area contributed by atoms with E-state index in [9.17, 15) is 9.59 Å². The maximum Gasteiger partial charge on any atom is 0.229 e. The second-order valence-electron chi connectivity index (χ2n) is 18.5. The molecular weight excluding hydrogens is 574 g/mol. The van der Waals surface area contributed by atoms with E-state index in [2.05, 4.69) is 138 Å². The van der Waals surface area contributed by atoms with Crippen LogP contribution in [0.1, 0.15) is 158 Å². The molecular formula is C44H85NO2. The van der Waals surface area contributed by atoms with Gasteiger partial charge in [-0.2, -0.15) is 0 Å². The van der Waals surface area contributed by atoms with Crippen molar-refractivity contribution in [1.82, 2.24) is 4.90 Å². The zero-order valence-corrected chi connectivity index (χ0v) is 35.4. The predicted molar refractivity (Wildman–Crippen MR) is 206 cm³/mol. The summed E-state index contributed by atoms with van der Waals surface area (Å²) in [6, 6.07) is -0.0582. The molecule has 0 N–H and O–H groups in total. The minimum atomic E-state index is -0.0582. The van der Waals surface area contributed by atoms with Crippen LogP contribution in [0.2, 0.25) is 0 Å². The molecule has 0 bridgehead atoms. The molecule has 0 aromatic rings. The molecule has 1 fully saturated rings. The Labute approximate surface area is 296 Å². The van der Waals surface area contributed by atoms with Crippen LogP contribution in [0, 0.1) is 107 Å². The minimum absolute atomic E-state index is 0.0490. The lowest BCUT2D eigenvalue weighted by Gasteiger charge is -2.46. The van der Waals surface area contributed by atoms with Crippen molar-refractivity contribution in [3.8, 4) is 0 Å². The number of amides is 2. The first-order valence-corrected chi connectivity index (χ1v) is 20.4. The van der Waals surface area contributed by atoms with Gasteiger partial charge in [-0.3, -0.25) is 14.5 Å². The Bertz CT molecular complexity index is 927. The maximum atomic E-state index is 13.4. The van der Waals surface area contributed by atoms with Crippen molar-refractivity contribution >= 4 is 11.8 Å². The standard InChI is InChI=1S/C44H85NO2/c1-21-25(4)27(6)29(8)31(10)33(12)36(15)38(17)40(19)44(45-42(46)22-23-43(45)47)41(20)39(18)37(16)35(14)34(13)32(11)30(9)28(7)26(5)24(2)3/h24-41,44H,21-23H2,1-20H3. The number of carbonyl (C=O) groups excluding carboxylic acids is 2. The van der Waals surface area contributed by atoms with Crippen LogP contribution in [0.25, 0.3) is 0 Å². The number of nitrogens with zero attached hydrogens (tertiary/aromatic N) is 1. The molecule has 1 heterocycles. The summed E-state index contributed by atoms with van der Waals surface area (Å²) in [5.41, 5.74) is 0. The smallest absolute Gasteiger partial charge is 0.229 e. The average molecular weight is 660 g/mol. The monoisotopic (exact) mass is 660 g/mol. The van der Waals surface area contributed by atoms with E-state index in [1.54, 1.807) is 4.90 Å². The fourth-order valence-electron chi connectivity index (χ4n) is 9.74. The molecule has 18 atom stereocenters. The van der Waals surface area contributed by atoms with Crippen LogP contribution in [0.3, 0.4) is 0 Å². The van der Waals surface area contributed by atoms with Crippen molar-refractivity contribution in [3.05, 3.63) is 0 Å². The van der Waals surface area contributed by atoms with Crippen LogP contribution < -0.4 is 0 Å². The molecule has 0 saturated carbocycles. The van der Waals surface area contributed by atoms with E-state index < -0.39 is 0 Å². The highest BCUT2D eigenvalue weighted by Gasteiger charge is 2.46. The van der Waals surface area contributed by atoms with Crippen molar-refractivity contribution in [1.29, 1.82) is 0 Å². The van der Waals surface area contributed by atoms with Gasteiger partial charge >= 0.3 is 0 Å². The topological polar surface area (TPSA) is 37.4 Å². The molecule has 3 heteroatoms. The Balaban J connectivity index is 3.30. The van der Waals surface area contributed by atoms with E-state index in [-0.39, 0.29) is 29.7 Å². The molecule has 47 heavy (non-hydrogen) atoms. The number of rotatable bonds is 20. The van der Waals surface area contributed by atoms with Gasteiger partial charge in [-0.05, 0) is 107 Å². The summed E-state index contributed by atoms with van der Waals surface area (Å²) in [4.78, 5) is 28.5. The van der Waals surface area contributed by atoms with Gasteiger partial charge < -0.3 is 0 Å². The summed E-state index contributed by atoms with van der Waals surface area (Å²) in [5, 5.41) is 0. The Hall–Kier alpha value is -0.860. The summed E-state index contributed by atoms with van der Waals surface area (Å²) in [6.45, 7) is 48.5. The zero-order valence-electron chi connectivity index (χ0n) is 35.4. The van der Waals surface area contributed by atoms with Crippen molar-refractivity contribution in [3.63, 3.8) is 0 Å². The normalized spacial score (nSPS) is 26.2. The Kier molecular flexibility index (Phi) is 17.8. The summed E-state index contributed by atoms with van der Waals surface area (Å²) >= 11 is 0. The molecule has 18 unspecified atom stereocenters. The molecule has 1 rings (SSSR count). The second-order valence-corrected chi connectivity index (χ2v) is 18.5. The summed E-state index contributed by atoms with van der Waals surface area (Å²) in [5.74, 6) is 10.2. The molecule has 1 aliphatic heterocycles. The van der Waals surface area contributed by atoms with Crippen molar-refractivity contribution in [2.24, 2.45) is 107 Å². The summed E-state index contributed by atoms with van der Waals surface area (Å²) in [7, 11) is 0. The van der Waals surface area contributed by atoms with Crippen LogP contribution in [0.5, 0.6) is 0 Å². The third-order valence-electron chi connectivity index (χ3n) is 16.7. The molecule has 0 aliphatic carbocycles. The highest BCUT2D eigenvalue weighted by Crippen LogP contribution is 2.45. The third-order valence-corrected chi connectivity index (χ3v) is 16.7. The first-order chi connectivity index (χ1) is 21.6. The fourth-order valence-corrected chi connectivity index (χ4v) is 9.74. The molecule has 3 nitrogen and oxygen atoms in total. The van der Waals surface area contributed by atoms with E-state index in [1.807, 2.05) is 0 Å². The van der Waals surface area contributed by atoms with E-state index >= 15 is 0 Å². The van der Waals surface area contributed by atoms with E-state index in [1.165, 1.54) is 6.42 Å². The Morgan fingerprint density at radius 3 is 0.872 bits per heavy atom. The van der Waals surface area contributed by atoms with Crippen LogP contribution in [-0.2, 0) is 9.59 Å². The molecule has 1 aliphatic rings. The summed E-state index contributed by atoms with van der Waals surface area (Å²) < 4.78 is 0. The lowest BCUT2D eigenvalue weighted by Crippen LogP contribution is -2.52. The largest absolute Gasteiger partial charge is 0.279 e. The SMILES string of the molecule is CCC(C)C(C)C(C)C(C)C(C)C(C)C(C)C(C)C(C(C)C(C)C(C)C(C)C(C)C(C)C(C)C(C)C(C)C(C)C)N1C(=O)CCC1=O. The Morgan fingerprint density at radius 2 is 0.617 bits per heavy atom. The predicted octanol–water partition coefficient (Wildman–Crippen LogP) is 12.4. The zero-order chi connectivity index (χ0) is 36.8. The second kappa shape index (κ2) is 18.9. The van der Waals surface area contributed by atoms with Gasteiger partial charge in [0.25, 0.3) is 0 Å². The lowest BCUT2D eigenvalue weighted by molar-refractivity contribution is -0.145. The molecule has 1 saturated heterocycles. The number of likely N-dealkylation sites (tertiary alicyclic amines) is 1. The number of hydrogen-bond acceptors (Lipinski definition) is 2. The lowest BCUT2D eigenvalue weighted by atomic mass is 9.62. The van der Waals surface area contributed by atoms with Gasteiger partial charge in [-0.15, -0.1) is 0 Å². The fraction of sp³-hybridized carbons (Fsp3) is 0.955. The van der Waals surface area contributed by atoms with Crippen molar-refractivity contribution < 1.29 is 9.59 Å². The third kappa shape index (κ3) is 10.3. The van der Waals surface area contributed by atoms with E-state index in [0.29, 0.717) is 102 Å². The van der Waals surface area contributed by atoms with Gasteiger partial charge in [0.05, 0.1) is 0 Å². The van der Waals surface area contributed by atoms with Gasteiger partial charge in [0.2, 0.25) is 11.8 Å². The van der Waals surface area contributed by atoms with Gasteiger partial charge in [0.15, 0.2) is 0 Å². The highest BCUT2D eigenvalue weighted by atomic mass is 16.2. The highest BCUT2D eigenvalue weighted by molar-refractivity contribution is 6.02. The first kappa shape index (κ1) is 44.2. The van der Waals surface area contributed by atoms with Crippen LogP contribution in [0.4, 0.5) is 0 Å². The van der Waals surface area contributed by atoms with Crippen molar-refractivity contribution in [2.45, 2.75) is 164 Å². The summed E-state index contributed by atoms with van der Waals surface area (Å²) in [6.07, 6.45) is 1.98. The first-order valence-electron chi connectivity index (χ1n) is 20.4. The minimum Gasteiger partial charge on any atom is -0.279 e. The van der Waals surface area contributed by atoms with Gasteiger partial charge in [0.1, 0.15) is 0 Å². The number of imide groups is 1. The van der Waals surface area contributed by atoms with Gasteiger partial charge in [0, 0.05) is 18.9 Å². The van der Waals surface area contributed by atoms with Crippen LogP contribution >= 0.6 is 0 Å². The van der Waals surface area contributed by atoms with Gasteiger partial charge in [-0.1, -0.05) is 145 Å². The van der Waals surface area contributed by atoms with Crippen LogP contribution in [-0.4, -0.2) is 22.8 Å². The Morgan fingerprint density at radius 1 is 0.383 bits per heavy atom. The maximum absolute atomic E-state index is 13.4. The average Bonchev–Trinajstić information content (AvgIpc) is 3.39. The molecule has 0 aromatic carbocycles. The quantitative estimate of drug-likeness (QED) is 0.122. The van der Waals surface area contributed by atoms with Crippen molar-refractivity contribution in [2.75, 3.05) is 0 Å². The van der Waals surface area contributed by atoms with Crippen LogP contribution in [0.15, 0.2) is 0 Å². The number of carbonyl (C=O) groups is 2. The molecule has 0 spiro atoms. The van der Waals surface area contributed by atoms with E-state index in [4.69, 9.17) is 0 Å². The number of hydrogen-bond donors (Lipinski definition) is 0. The molecule has 0 aromatic heterocycles. The molecule has 2 amide bonds.